The molecule has 1 saturated heterocycles. The summed E-state index contributed by atoms with van der Waals surface area (Å²) in [7, 11) is 0. The number of ether oxygens (including phenoxy) is 1. The largest absolute Gasteiger partial charge is 0.444 e. The molecule has 0 bridgehead atoms. The zero-order valence-electron chi connectivity index (χ0n) is 10.3. The molecular weight excluding hydrogens is 208 g/mol. The average Bonchev–Trinajstić information content (AvgIpc) is 2.15. The highest BCUT2D eigenvalue weighted by atomic mass is 16.6. The van der Waals surface area contributed by atoms with E-state index < -0.39 is 11.7 Å². The van der Waals surface area contributed by atoms with Crippen molar-refractivity contribution in [2.24, 2.45) is 11.7 Å². The number of aliphatic hydroxyl groups excluding tert-OH is 1. The van der Waals surface area contributed by atoms with Gasteiger partial charge in [0.05, 0.1) is 6.10 Å². The summed E-state index contributed by atoms with van der Waals surface area (Å²) in [6.07, 6.45) is -0.150. The first-order chi connectivity index (χ1) is 7.33. The topological polar surface area (TPSA) is 75.8 Å². The predicted octanol–water partition coefficient (Wildman–Crippen LogP) is 0.563. The van der Waals surface area contributed by atoms with Crippen LogP contribution in [0.25, 0.3) is 0 Å². The molecule has 2 atom stereocenters. The van der Waals surface area contributed by atoms with Crippen LogP contribution in [0.4, 0.5) is 4.79 Å². The van der Waals surface area contributed by atoms with Crippen LogP contribution < -0.4 is 5.73 Å². The van der Waals surface area contributed by atoms with E-state index in [9.17, 15) is 9.90 Å². The lowest BCUT2D eigenvalue weighted by Crippen LogP contribution is -2.49. The normalized spacial score (nSPS) is 26.7. The minimum atomic E-state index is -0.481. The second-order valence-corrected chi connectivity index (χ2v) is 5.28. The molecule has 0 aliphatic carbocycles. The Morgan fingerprint density at radius 1 is 1.56 bits per heavy atom. The van der Waals surface area contributed by atoms with Gasteiger partial charge < -0.3 is 20.5 Å². The van der Waals surface area contributed by atoms with Crippen LogP contribution in [-0.4, -0.2) is 47.4 Å². The fourth-order valence-corrected chi connectivity index (χ4v) is 1.74. The molecule has 1 rings (SSSR count). The Labute approximate surface area is 96.6 Å². The quantitative estimate of drug-likeness (QED) is 0.690. The van der Waals surface area contributed by atoms with E-state index in [0.717, 1.165) is 0 Å². The number of carbonyl (C=O) groups excluding carboxylic acids is 1. The molecule has 3 N–H and O–H groups in total. The molecule has 1 aliphatic heterocycles. The zero-order valence-corrected chi connectivity index (χ0v) is 10.3. The molecular formula is C11H22N2O3. The first kappa shape index (κ1) is 13.3. The number of piperidine rings is 1. The number of likely N-dealkylation sites (tertiary alicyclic amines) is 1. The Bertz CT molecular complexity index is 250. The molecule has 5 heteroatoms. The number of aliphatic hydroxyl groups is 1. The Balaban J connectivity index is 2.52. The predicted molar refractivity (Wildman–Crippen MR) is 61.0 cm³/mol. The Kier molecular flexibility index (Phi) is 4.15. The van der Waals surface area contributed by atoms with Crippen molar-refractivity contribution in [1.29, 1.82) is 0 Å². The number of rotatable bonds is 1. The Morgan fingerprint density at radius 3 is 2.69 bits per heavy atom. The van der Waals surface area contributed by atoms with Gasteiger partial charge in [-0.25, -0.2) is 4.79 Å². The molecule has 94 valence electrons. The van der Waals surface area contributed by atoms with Crippen molar-refractivity contribution in [3.8, 4) is 0 Å². The van der Waals surface area contributed by atoms with Crippen molar-refractivity contribution in [3.05, 3.63) is 0 Å². The van der Waals surface area contributed by atoms with E-state index in [1.165, 1.54) is 0 Å². The van der Waals surface area contributed by atoms with Crippen molar-refractivity contribution in [3.63, 3.8) is 0 Å². The minimum absolute atomic E-state index is 0.0405. The molecule has 0 aromatic carbocycles. The van der Waals surface area contributed by atoms with E-state index in [0.29, 0.717) is 26.1 Å². The van der Waals surface area contributed by atoms with E-state index in [2.05, 4.69) is 0 Å². The van der Waals surface area contributed by atoms with Crippen LogP contribution in [0, 0.1) is 5.92 Å². The highest BCUT2D eigenvalue weighted by Crippen LogP contribution is 2.18. The third-order valence-electron chi connectivity index (χ3n) is 2.65. The summed E-state index contributed by atoms with van der Waals surface area (Å²) in [5, 5.41) is 9.64. The van der Waals surface area contributed by atoms with Gasteiger partial charge in [0.2, 0.25) is 0 Å². The van der Waals surface area contributed by atoms with Gasteiger partial charge >= 0.3 is 6.09 Å². The van der Waals surface area contributed by atoms with Crippen LogP contribution in [0.5, 0.6) is 0 Å². The van der Waals surface area contributed by atoms with Crippen molar-refractivity contribution in [1.82, 2.24) is 4.90 Å². The molecule has 0 aromatic heterocycles. The van der Waals surface area contributed by atoms with E-state index in [-0.39, 0.29) is 12.0 Å². The summed E-state index contributed by atoms with van der Waals surface area (Å²) in [4.78, 5) is 13.4. The highest BCUT2D eigenvalue weighted by molar-refractivity contribution is 5.68. The van der Waals surface area contributed by atoms with E-state index >= 15 is 0 Å². The standard InChI is InChI=1S/C11H22N2O3/c1-11(2,3)16-10(15)13-5-4-9(14)8(6-12)7-13/h8-9,14H,4-7,12H2,1-3H3/t8-,9+/m1/s1. The number of nitrogens with two attached hydrogens (primary N) is 1. The average molecular weight is 230 g/mol. The maximum atomic E-state index is 11.8. The molecule has 1 amide bonds. The van der Waals surface area contributed by atoms with Gasteiger partial charge in [0.1, 0.15) is 5.60 Å². The summed E-state index contributed by atoms with van der Waals surface area (Å²) in [5.74, 6) is -0.0405. The van der Waals surface area contributed by atoms with Crippen LogP contribution in [0.3, 0.4) is 0 Å². The number of nitrogens with zero attached hydrogens (tertiary/aromatic N) is 1. The lowest BCUT2D eigenvalue weighted by atomic mass is 9.95. The van der Waals surface area contributed by atoms with Crippen molar-refractivity contribution >= 4 is 6.09 Å². The monoisotopic (exact) mass is 230 g/mol. The number of hydrogen-bond acceptors (Lipinski definition) is 4. The molecule has 16 heavy (non-hydrogen) atoms. The van der Waals surface area contributed by atoms with E-state index in [1.807, 2.05) is 20.8 Å². The van der Waals surface area contributed by atoms with Crippen LogP contribution in [-0.2, 0) is 4.74 Å². The molecule has 1 heterocycles. The third kappa shape index (κ3) is 3.64. The van der Waals surface area contributed by atoms with Crippen molar-refractivity contribution in [2.45, 2.75) is 38.9 Å². The second kappa shape index (κ2) is 5.01. The molecule has 1 fully saturated rings. The van der Waals surface area contributed by atoms with Crippen LogP contribution >= 0.6 is 0 Å². The van der Waals surface area contributed by atoms with Gasteiger partial charge in [0.25, 0.3) is 0 Å². The number of amides is 1. The van der Waals surface area contributed by atoms with Gasteiger partial charge in [-0.05, 0) is 33.7 Å². The van der Waals surface area contributed by atoms with Crippen LogP contribution in [0.2, 0.25) is 0 Å². The maximum Gasteiger partial charge on any atom is 0.410 e. The Hall–Kier alpha value is -0.810. The minimum Gasteiger partial charge on any atom is -0.444 e. The highest BCUT2D eigenvalue weighted by Gasteiger charge is 2.31. The molecule has 0 radical (unpaired) electrons. The van der Waals surface area contributed by atoms with Crippen LogP contribution in [0.1, 0.15) is 27.2 Å². The van der Waals surface area contributed by atoms with Gasteiger partial charge in [0, 0.05) is 19.0 Å². The summed E-state index contributed by atoms with van der Waals surface area (Å²) >= 11 is 0. The summed E-state index contributed by atoms with van der Waals surface area (Å²) < 4.78 is 5.27. The van der Waals surface area contributed by atoms with Gasteiger partial charge in [0.15, 0.2) is 0 Å². The van der Waals surface area contributed by atoms with Crippen molar-refractivity contribution in [2.75, 3.05) is 19.6 Å². The Morgan fingerprint density at radius 2 is 2.19 bits per heavy atom. The molecule has 1 aliphatic rings. The SMILES string of the molecule is CC(C)(C)OC(=O)N1CC[C@H](O)[C@H](CN)C1. The smallest absolute Gasteiger partial charge is 0.410 e. The molecule has 5 nitrogen and oxygen atoms in total. The van der Waals surface area contributed by atoms with Gasteiger partial charge in [-0.15, -0.1) is 0 Å². The lowest BCUT2D eigenvalue weighted by Gasteiger charge is -2.36. The van der Waals surface area contributed by atoms with Crippen LogP contribution in [0.15, 0.2) is 0 Å². The van der Waals surface area contributed by atoms with Gasteiger partial charge in [-0.1, -0.05) is 0 Å². The van der Waals surface area contributed by atoms with Gasteiger partial charge in [-0.3, -0.25) is 0 Å². The third-order valence-corrected chi connectivity index (χ3v) is 2.65. The van der Waals surface area contributed by atoms with Gasteiger partial charge in [-0.2, -0.15) is 0 Å². The first-order valence-corrected chi connectivity index (χ1v) is 5.69. The molecule has 0 aromatic rings. The summed E-state index contributed by atoms with van der Waals surface area (Å²) in [6.45, 7) is 6.91. The second-order valence-electron chi connectivity index (χ2n) is 5.28. The van der Waals surface area contributed by atoms with Crippen molar-refractivity contribution < 1.29 is 14.6 Å². The van der Waals surface area contributed by atoms with E-state index in [1.54, 1.807) is 4.90 Å². The zero-order chi connectivity index (χ0) is 12.3. The molecule has 0 spiro atoms. The molecule has 0 unspecified atom stereocenters. The molecule has 0 saturated carbocycles. The lowest BCUT2D eigenvalue weighted by molar-refractivity contribution is -0.00652. The first-order valence-electron chi connectivity index (χ1n) is 5.69. The number of hydrogen-bond donors (Lipinski definition) is 2. The number of carbonyl (C=O) groups is 1. The summed E-state index contributed by atoms with van der Waals surface area (Å²) in [6, 6.07) is 0. The fraction of sp³-hybridized carbons (Fsp3) is 0.909. The van der Waals surface area contributed by atoms with E-state index in [4.69, 9.17) is 10.5 Å². The fourth-order valence-electron chi connectivity index (χ4n) is 1.74. The maximum absolute atomic E-state index is 11.8. The summed E-state index contributed by atoms with van der Waals surface area (Å²) in [5.41, 5.74) is 5.06.